The molecule has 2 N–H and O–H groups in total. The Balaban J connectivity index is 2.12. The molecule has 1 atom stereocenters. The fourth-order valence-electron chi connectivity index (χ4n) is 2.69. The molecule has 0 amide bonds. The molecule has 0 radical (unpaired) electrons. The second-order valence-electron chi connectivity index (χ2n) is 5.54. The normalized spacial score (nSPS) is 12.2. The number of carbonyl (C=O) groups is 1. The predicted octanol–water partition coefficient (Wildman–Crippen LogP) is 2.71. The van der Waals surface area contributed by atoms with Crippen molar-refractivity contribution in [3.05, 3.63) is 53.3 Å². The van der Waals surface area contributed by atoms with E-state index in [4.69, 9.17) is 26.8 Å². The first-order chi connectivity index (χ1) is 12.0. The number of aromatic nitrogens is 2. The number of imidazole rings is 1. The van der Waals surface area contributed by atoms with Gasteiger partial charge in [-0.25, -0.2) is 4.98 Å². The van der Waals surface area contributed by atoms with E-state index in [1.165, 1.54) is 7.11 Å². The molecular formula is C18H18ClN3O3. The van der Waals surface area contributed by atoms with Crippen LogP contribution in [-0.4, -0.2) is 35.6 Å². The third kappa shape index (κ3) is 3.45. The summed E-state index contributed by atoms with van der Waals surface area (Å²) in [6, 6.07) is 10.3. The maximum Gasteiger partial charge on any atom is 0.323 e. The molecule has 130 valence electrons. The molecule has 0 bridgehead atoms. The van der Waals surface area contributed by atoms with Crippen LogP contribution in [-0.2, 0) is 16.0 Å². The van der Waals surface area contributed by atoms with Crippen LogP contribution in [0.15, 0.2) is 42.6 Å². The second-order valence-corrected chi connectivity index (χ2v) is 5.98. The molecule has 3 aromatic rings. The number of fused-ring (bicyclic) bond motifs is 1. The van der Waals surface area contributed by atoms with Crippen LogP contribution < -0.4 is 10.5 Å². The van der Waals surface area contributed by atoms with Crippen LogP contribution in [0.5, 0.6) is 5.75 Å². The lowest BCUT2D eigenvalue weighted by Gasteiger charge is -2.11. The number of hydrogen-bond donors (Lipinski definition) is 1. The van der Waals surface area contributed by atoms with E-state index in [0.29, 0.717) is 5.02 Å². The lowest BCUT2D eigenvalue weighted by atomic mass is 10.1. The van der Waals surface area contributed by atoms with E-state index < -0.39 is 12.0 Å². The second kappa shape index (κ2) is 7.13. The number of nitrogens with two attached hydrogens (primary N) is 1. The molecule has 1 aromatic carbocycles. The van der Waals surface area contributed by atoms with E-state index in [0.717, 1.165) is 28.3 Å². The molecule has 1 unspecified atom stereocenters. The summed E-state index contributed by atoms with van der Waals surface area (Å²) in [7, 11) is 2.93. The number of hydrogen-bond acceptors (Lipinski definition) is 5. The molecule has 0 aliphatic carbocycles. The highest BCUT2D eigenvalue weighted by Crippen LogP contribution is 2.28. The Hall–Kier alpha value is -2.57. The standard InChI is InChI=1S/C18H18ClN3O3/c1-24-13-6-3-11(4-7-13)17-15(9-14(20)18(23)25-2)22-10-12(19)5-8-16(22)21-17/h3-8,10,14H,9,20H2,1-2H3. The number of methoxy groups -OCH3 is 2. The van der Waals surface area contributed by atoms with Gasteiger partial charge in [-0.15, -0.1) is 0 Å². The molecule has 0 saturated heterocycles. The van der Waals surface area contributed by atoms with Gasteiger partial charge in [0.15, 0.2) is 0 Å². The Morgan fingerprint density at radius 3 is 2.60 bits per heavy atom. The van der Waals surface area contributed by atoms with Crippen molar-refractivity contribution in [1.82, 2.24) is 9.38 Å². The van der Waals surface area contributed by atoms with E-state index in [2.05, 4.69) is 4.98 Å². The summed E-state index contributed by atoms with van der Waals surface area (Å²) < 4.78 is 11.8. The third-order valence-electron chi connectivity index (χ3n) is 3.96. The summed E-state index contributed by atoms with van der Waals surface area (Å²) >= 11 is 6.12. The summed E-state index contributed by atoms with van der Waals surface area (Å²) in [5.74, 6) is 0.279. The van der Waals surface area contributed by atoms with Crippen LogP contribution in [0.3, 0.4) is 0 Å². The van der Waals surface area contributed by atoms with Crippen LogP contribution >= 0.6 is 11.6 Å². The zero-order chi connectivity index (χ0) is 18.0. The van der Waals surface area contributed by atoms with Gasteiger partial charge < -0.3 is 19.6 Å². The Bertz CT molecular complexity index is 906. The number of ether oxygens (including phenoxy) is 2. The molecule has 25 heavy (non-hydrogen) atoms. The number of esters is 1. The molecule has 7 heteroatoms. The quantitative estimate of drug-likeness (QED) is 0.708. The summed E-state index contributed by atoms with van der Waals surface area (Å²) in [6.07, 6.45) is 2.03. The van der Waals surface area contributed by atoms with Gasteiger partial charge >= 0.3 is 5.97 Å². The Kier molecular flexibility index (Phi) is 4.92. The van der Waals surface area contributed by atoms with Crippen LogP contribution in [0.1, 0.15) is 5.69 Å². The largest absolute Gasteiger partial charge is 0.497 e. The monoisotopic (exact) mass is 359 g/mol. The van der Waals surface area contributed by atoms with Crippen LogP contribution in [0, 0.1) is 0 Å². The van der Waals surface area contributed by atoms with Crippen molar-refractivity contribution in [3.8, 4) is 17.0 Å². The Labute approximate surface area is 150 Å². The van der Waals surface area contributed by atoms with Crippen molar-refractivity contribution >= 4 is 23.2 Å². The highest BCUT2D eigenvalue weighted by molar-refractivity contribution is 6.30. The molecule has 0 aliphatic heterocycles. The zero-order valence-corrected chi connectivity index (χ0v) is 14.7. The SMILES string of the molecule is COC(=O)C(N)Cc1c(-c2ccc(OC)cc2)nc2ccc(Cl)cn12. The van der Waals surface area contributed by atoms with Gasteiger partial charge in [-0.2, -0.15) is 0 Å². The van der Waals surface area contributed by atoms with Gasteiger partial charge in [-0.05, 0) is 36.4 Å². The number of halogens is 1. The van der Waals surface area contributed by atoms with Crippen molar-refractivity contribution in [3.63, 3.8) is 0 Å². The number of pyridine rings is 1. The summed E-state index contributed by atoms with van der Waals surface area (Å²) in [6.45, 7) is 0. The molecule has 0 spiro atoms. The van der Waals surface area contributed by atoms with Crippen molar-refractivity contribution in [2.45, 2.75) is 12.5 Å². The van der Waals surface area contributed by atoms with Gasteiger partial charge in [0.2, 0.25) is 0 Å². The topological polar surface area (TPSA) is 78.8 Å². The highest BCUT2D eigenvalue weighted by Gasteiger charge is 2.21. The maximum atomic E-state index is 11.8. The molecular weight excluding hydrogens is 342 g/mol. The minimum atomic E-state index is -0.791. The van der Waals surface area contributed by atoms with E-state index >= 15 is 0 Å². The van der Waals surface area contributed by atoms with Gasteiger partial charge in [0.05, 0.1) is 30.6 Å². The van der Waals surface area contributed by atoms with Gasteiger partial charge in [0, 0.05) is 18.2 Å². The predicted molar refractivity (Wildman–Crippen MR) is 95.9 cm³/mol. The van der Waals surface area contributed by atoms with E-state index in [1.807, 2.05) is 34.7 Å². The zero-order valence-electron chi connectivity index (χ0n) is 13.9. The lowest BCUT2D eigenvalue weighted by Crippen LogP contribution is -2.34. The van der Waals surface area contributed by atoms with Gasteiger partial charge in [-0.1, -0.05) is 11.6 Å². The van der Waals surface area contributed by atoms with Crippen molar-refractivity contribution < 1.29 is 14.3 Å². The fourth-order valence-corrected chi connectivity index (χ4v) is 2.85. The minimum Gasteiger partial charge on any atom is -0.497 e. The molecule has 3 rings (SSSR count). The number of nitrogens with zero attached hydrogens (tertiary/aromatic N) is 2. The van der Waals surface area contributed by atoms with Crippen LogP contribution in [0.2, 0.25) is 5.02 Å². The first-order valence-electron chi connectivity index (χ1n) is 7.68. The summed E-state index contributed by atoms with van der Waals surface area (Å²) in [4.78, 5) is 16.4. The van der Waals surface area contributed by atoms with E-state index in [1.54, 1.807) is 19.4 Å². The first-order valence-corrected chi connectivity index (χ1v) is 8.05. The maximum absolute atomic E-state index is 11.8. The lowest BCUT2D eigenvalue weighted by molar-refractivity contribution is -0.142. The van der Waals surface area contributed by atoms with Crippen molar-refractivity contribution in [1.29, 1.82) is 0 Å². The molecule has 0 saturated carbocycles. The van der Waals surface area contributed by atoms with Crippen LogP contribution in [0.4, 0.5) is 0 Å². The Morgan fingerprint density at radius 2 is 1.96 bits per heavy atom. The summed E-state index contributed by atoms with van der Waals surface area (Å²) in [5, 5.41) is 0.569. The van der Waals surface area contributed by atoms with E-state index in [-0.39, 0.29) is 6.42 Å². The van der Waals surface area contributed by atoms with Gasteiger partial charge in [0.25, 0.3) is 0 Å². The van der Waals surface area contributed by atoms with Crippen LogP contribution in [0.25, 0.3) is 16.9 Å². The number of benzene rings is 1. The smallest absolute Gasteiger partial charge is 0.323 e. The van der Waals surface area contributed by atoms with E-state index in [9.17, 15) is 4.79 Å². The molecule has 2 aromatic heterocycles. The molecule has 2 heterocycles. The highest BCUT2D eigenvalue weighted by atomic mass is 35.5. The van der Waals surface area contributed by atoms with Crippen molar-refractivity contribution in [2.75, 3.05) is 14.2 Å². The Morgan fingerprint density at radius 1 is 1.24 bits per heavy atom. The first kappa shape index (κ1) is 17.3. The van der Waals surface area contributed by atoms with Crippen molar-refractivity contribution in [2.24, 2.45) is 5.73 Å². The third-order valence-corrected chi connectivity index (χ3v) is 4.19. The molecule has 6 nitrogen and oxygen atoms in total. The summed E-state index contributed by atoms with van der Waals surface area (Å²) in [5.41, 5.74) is 9.12. The number of carbonyl (C=O) groups excluding carboxylic acids is 1. The van der Waals surface area contributed by atoms with Gasteiger partial charge in [0.1, 0.15) is 17.4 Å². The molecule has 0 aliphatic rings. The molecule has 0 fully saturated rings. The average molecular weight is 360 g/mol. The fraction of sp³-hybridized carbons (Fsp3) is 0.222. The number of rotatable bonds is 5. The minimum absolute atomic E-state index is 0.273. The van der Waals surface area contributed by atoms with Gasteiger partial charge in [-0.3, -0.25) is 4.79 Å². The average Bonchev–Trinajstić information content (AvgIpc) is 2.98.